The highest BCUT2D eigenvalue weighted by Crippen LogP contribution is 2.35. The SMILES string of the molecule is COC(=O)C1OC(Br)C(OC(C)=O)C(OC(C)=O)C1OC1OC(COC(C)=O)C(OC(C)=O)C(OC(C)=O)C1N. The van der Waals surface area contributed by atoms with Gasteiger partial charge in [-0.3, -0.25) is 24.0 Å². The Kier molecular flexibility index (Phi) is 12.2. The predicted molar refractivity (Wildman–Crippen MR) is 130 cm³/mol. The summed E-state index contributed by atoms with van der Waals surface area (Å²) in [6.07, 6.45) is -11.5. The summed E-state index contributed by atoms with van der Waals surface area (Å²) in [6.45, 7) is 5.01. The van der Waals surface area contributed by atoms with Crippen LogP contribution in [0.2, 0.25) is 0 Å². The zero-order valence-electron chi connectivity index (χ0n) is 22.6. The first-order chi connectivity index (χ1) is 18.7. The minimum Gasteiger partial charge on any atom is -0.467 e. The number of carbonyl (C=O) groups is 6. The third kappa shape index (κ3) is 8.82. The van der Waals surface area contributed by atoms with Crippen molar-refractivity contribution in [2.75, 3.05) is 13.7 Å². The van der Waals surface area contributed by atoms with Gasteiger partial charge in [0.05, 0.1) is 13.2 Å². The zero-order valence-corrected chi connectivity index (χ0v) is 24.1. The number of hydrogen-bond donors (Lipinski definition) is 1. The second kappa shape index (κ2) is 14.7. The minimum absolute atomic E-state index is 0.480. The van der Waals surface area contributed by atoms with Gasteiger partial charge in [-0.25, -0.2) is 4.79 Å². The van der Waals surface area contributed by atoms with Crippen molar-refractivity contribution >= 4 is 51.7 Å². The van der Waals surface area contributed by atoms with Crippen LogP contribution in [0.15, 0.2) is 0 Å². The average Bonchev–Trinajstić information content (AvgIpc) is 2.84. The van der Waals surface area contributed by atoms with Crippen molar-refractivity contribution in [3.8, 4) is 0 Å². The molecule has 0 bridgehead atoms. The monoisotopic (exact) mass is 641 g/mol. The molecule has 2 aliphatic heterocycles. The van der Waals surface area contributed by atoms with Gasteiger partial charge in [-0.1, -0.05) is 15.9 Å². The van der Waals surface area contributed by atoms with Crippen molar-refractivity contribution in [2.45, 2.75) is 94.7 Å². The van der Waals surface area contributed by atoms with Crippen molar-refractivity contribution in [3.05, 3.63) is 0 Å². The normalized spacial score (nSPS) is 33.6. The molecule has 2 rings (SSSR count). The summed E-state index contributed by atoms with van der Waals surface area (Å²) in [7, 11) is 1.07. The molecule has 0 saturated carbocycles. The summed E-state index contributed by atoms with van der Waals surface area (Å²) in [5.74, 6) is -4.82. The molecule has 0 aromatic rings. The first kappa shape index (κ1) is 33.3. The minimum atomic E-state index is -1.58. The molecule has 2 heterocycles. The molecule has 226 valence electrons. The molecule has 2 N–H and O–H groups in total. The van der Waals surface area contributed by atoms with E-state index < -0.39 is 102 Å². The third-order valence-electron chi connectivity index (χ3n) is 5.56. The van der Waals surface area contributed by atoms with E-state index in [9.17, 15) is 28.8 Å². The number of esters is 6. The lowest BCUT2D eigenvalue weighted by Crippen LogP contribution is -2.68. The Hall–Kier alpha value is -2.86. The van der Waals surface area contributed by atoms with Crippen LogP contribution in [0.4, 0.5) is 0 Å². The third-order valence-corrected chi connectivity index (χ3v) is 6.29. The summed E-state index contributed by atoms with van der Waals surface area (Å²) >= 11 is 3.16. The summed E-state index contributed by atoms with van der Waals surface area (Å²) in [5.41, 5.74) is 6.33. The lowest BCUT2D eigenvalue weighted by Gasteiger charge is -2.47. The van der Waals surface area contributed by atoms with E-state index in [0.29, 0.717) is 0 Å². The fourth-order valence-electron chi connectivity index (χ4n) is 4.10. The molecular weight excluding hydrogens is 610 g/mol. The Morgan fingerprint density at radius 1 is 0.700 bits per heavy atom. The van der Waals surface area contributed by atoms with Gasteiger partial charge in [0.1, 0.15) is 18.8 Å². The predicted octanol–water partition coefficient (Wildman–Crippen LogP) is -0.993. The zero-order chi connectivity index (χ0) is 30.3. The maximum absolute atomic E-state index is 12.7. The van der Waals surface area contributed by atoms with E-state index in [0.717, 1.165) is 41.7 Å². The molecule has 0 aromatic heterocycles. The van der Waals surface area contributed by atoms with Crippen molar-refractivity contribution < 1.29 is 71.4 Å². The lowest BCUT2D eigenvalue weighted by atomic mass is 9.95. The van der Waals surface area contributed by atoms with E-state index in [-0.39, 0.29) is 0 Å². The Bertz CT molecular complexity index is 976. The molecule has 16 nitrogen and oxygen atoms in total. The maximum atomic E-state index is 12.7. The number of ether oxygens (including phenoxy) is 9. The number of rotatable bonds is 9. The molecule has 10 atom stereocenters. The van der Waals surface area contributed by atoms with Gasteiger partial charge in [-0.15, -0.1) is 0 Å². The number of halogens is 1. The van der Waals surface area contributed by atoms with Crippen LogP contribution in [0.1, 0.15) is 34.6 Å². The Labute approximate surface area is 237 Å². The van der Waals surface area contributed by atoms with Crippen molar-refractivity contribution in [1.29, 1.82) is 0 Å². The molecule has 0 aliphatic carbocycles. The van der Waals surface area contributed by atoms with Gasteiger partial charge < -0.3 is 48.4 Å². The van der Waals surface area contributed by atoms with Gasteiger partial charge in [-0.2, -0.15) is 0 Å². The molecule has 10 unspecified atom stereocenters. The van der Waals surface area contributed by atoms with E-state index in [1.807, 2.05) is 0 Å². The summed E-state index contributed by atoms with van der Waals surface area (Å²) in [6, 6.07) is -1.38. The number of methoxy groups -OCH3 is 1. The highest BCUT2D eigenvalue weighted by Gasteiger charge is 2.56. The molecule has 0 radical (unpaired) electrons. The van der Waals surface area contributed by atoms with Crippen LogP contribution < -0.4 is 5.73 Å². The lowest BCUT2D eigenvalue weighted by molar-refractivity contribution is -0.314. The highest BCUT2D eigenvalue weighted by atomic mass is 79.9. The molecule has 2 aliphatic rings. The second-order valence-corrected chi connectivity index (χ2v) is 9.65. The van der Waals surface area contributed by atoms with E-state index in [1.165, 1.54) is 0 Å². The molecule has 0 amide bonds. The maximum Gasteiger partial charge on any atom is 0.337 e. The standard InChI is InChI=1S/C23H32BrNO15/c1-8(26)33-7-13-15(34-9(2)27)16(35-10(3)28)14(25)23(38-13)40-18-17(36-11(4)29)19(37-12(5)30)21(24)39-20(18)22(31)32-6/h13-21,23H,7,25H2,1-6H3. The summed E-state index contributed by atoms with van der Waals surface area (Å²) < 4.78 is 48.6. The first-order valence-corrected chi connectivity index (χ1v) is 12.8. The second-order valence-electron chi connectivity index (χ2n) is 8.75. The molecule has 2 fully saturated rings. The largest absolute Gasteiger partial charge is 0.467 e. The van der Waals surface area contributed by atoms with Crippen LogP contribution in [-0.2, 0) is 71.4 Å². The van der Waals surface area contributed by atoms with Crippen LogP contribution in [0, 0.1) is 0 Å². The topological polar surface area (TPSA) is 212 Å². The fourth-order valence-corrected chi connectivity index (χ4v) is 4.75. The van der Waals surface area contributed by atoms with Crippen LogP contribution in [-0.4, -0.2) is 110 Å². The quantitative estimate of drug-likeness (QED) is 0.182. The Balaban J connectivity index is 2.54. The fraction of sp³-hybridized carbons (Fsp3) is 0.739. The van der Waals surface area contributed by atoms with Crippen LogP contribution in [0.3, 0.4) is 0 Å². The molecule has 17 heteroatoms. The van der Waals surface area contributed by atoms with E-state index >= 15 is 0 Å². The molecule has 40 heavy (non-hydrogen) atoms. The number of carbonyl (C=O) groups excluding carboxylic acids is 6. The number of nitrogens with two attached hydrogens (primary N) is 1. The van der Waals surface area contributed by atoms with Gasteiger partial charge in [0.15, 0.2) is 41.8 Å². The van der Waals surface area contributed by atoms with Gasteiger partial charge in [-0.05, 0) is 0 Å². The van der Waals surface area contributed by atoms with Gasteiger partial charge in [0.25, 0.3) is 0 Å². The number of alkyl halides is 1. The Morgan fingerprint density at radius 3 is 1.70 bits per heavy atom. The van der Waals surface area contributed by atoms with Crippen molar-refractivity contribution in [3.63, 3.8) is 0 Å². The van der Waals surface area contributed by atoms with Crippen LogP contribution >= 0.6 is 15.9 Å². The smallest absolute Gasteiger partial charge is 0.337 e. The van der Waals surface area contributed by atoms with Gasteiger partial charge >= 0.3 is 35.8 Å². The van der Waals surface area contributed by atoms with Crippen molar-refractivity contribution in [2.24, 2.45) is 5.73 Å². The molecule has 0 spiro atoms. The van der Waals surface area contributed by atoms with E-state index in [4.69, 9.17) is 48.4 Å². The Morgan fingerprint density at radius 2 is 1.20 bits per heavy atom. The first-order valence-electron chi connectivity index (χ1n) is 11.9. The van der Waals surface area contributed by atoms with Crippen molar-refractivity contribution in [1.82, 2.24) is 0 Å². The van der Waals surface area contributed by atoms with Gasteiger partial charge in [0.2, 0.25) is 0 Å². The van der Waals surface area contributed by atoms with Crippen LogP contribution in [0.25, 0.3) is 0 Å². The highest BCUT2D eigenvalue weighted by molar-refractivity contribution is 9.09. The molecule has 0 aromatic carbocycles. The number of hydrogen-bond acceptors (Lipinski definition) is 16. The van der Waals surface area contributed by atoms with E-state index in [1.54, 1.807) is 0 Å². The molecule has 2 saturated heterocycles. The van der Waals surface area contributed by atoms with E-state index in [2.05, 4.69) is 15.9 Å². The molecular formula is C23H32BrNO15. The summed E-state index contributed by atoms with van der Waals surface area (Å²) in [5, 5.41) is -1.15. The summed E-state index contributed by atoms with van der Waals surface area (Å²) in [4.78, 5) is 71.7. The van der Waals surface area contributed by atoms with Crippen LogP contribution in [0.5, 0.6) is 0 Å². The average molecular weight is 642 g/mol. The van der Waals surface area contributed by atoms with Gasteiger partial charge in [0, 0.05) is 34.6 Å².